The van der Waals surface area contributed by atoms with Gasteiger partial charge in [-0.2, -0.15) is 0 Å². The minimum atomic E-state index is -2.90. The van der Waals surface area contributed by atoms with Crippen LogP contribution in [0, 0.1) is 0 Å². The van der Waals surface area contributed by atoms with E-state index in [4.69, 9.17) is 31.9 Å². The molecule has 5 atom stereocenters. The average molecular weight is 519 g/mol. The van der Waals surface area contributed by atoms with E-state index in [1.807, 2.05) is 0 Å². The Bertz CT molecular complexity index is 668. The molecule has 0 radical (unpaired) electrons. The Balaban J connectivity index is 2.65. The largest absolute Gasteiger partial charge is 0.454 e. The maximum absolute atomic E-state index is 12.0. The van der Waals surface area contributed by atoms with E-state index in [0.717, 1.165) is 0 Å². The van der Waals surface area contributed by atoms with Crippen molar-refractivity contribution in [1.82, 2.24) is 0 Å². The van der Waals surface area contributed by atoms with Crippen LogP contribution in [0.25, 0.3) is 0 Å². The molecule has 2 fully saturated rings. The highest BCUT2D eigenvalue weighted by Crippen LogP contribution is 2.47. The highest BCUT2D eigenvalue weighted by molar-refractivity contribution is 6.83. The summed E-state index contributed by atoms with van der Waals surface area (Å²) >= 11 is 0. The van der Waals surface area contributed by atoms with E-state index in [0.29, 0.717) is 0 Å². The van der Waals surface area contributed by atoms with Crippen LogP contribution in [0.15, 0.2) is 12.7 Å². The molecule has 0 N–H and O–H groups in total. The molecule has 0 aromatic carbocycles. The van der Waals surface area contributed by atoms with E-state index >= 15 is 0 Å². The summed E-state index contributed by atoms with van der Waals surface area (Å²) in [6.07, 6.45) is -1.60. The van der Waals surface area contributed by atoms with Crippen molar-refractivity contribution in [3.05, 3.63) is 12.7 Å². The zero-order valence-corrected chi connectivity index (χ0v) is 24.7. The third kappa shape index (κ3) is 5.86. The van der Waals surface area contributed by atoms with Crippen LogP contribution in [-0.2, 0) is 36.7 Å². The number of hydrogen-bond acceptors (Lipinski definition) is 8. The number of methoxy groups -OCH3 is 1. The summed E-state index contributed by atoms with van der Waals surface area (Å²) in [5, 5.41) is 0. The molecule has 2 heterocycles. The Morgan fingerprint density at radius 3 is 2.00 bits per heavy atom. The van der Waals surface area contributed by atoms with E-state index in [1.165, 1.54) is 14.0 Å². The van der Waals surface area contributed by atoms with E-state index in [-0.39, 0.29) is 35.4 Å². The Morgan fingerprint density at radius 2 is 1.56 bits per heavy atom. The molecule has 2 rings (SSSR count). The monoisotopic (exact) mass is 518 g/mol. The second-order valence-electron chi connectivity index (χ2n) is 10.5. The summed E-state index contributed by atoms with van der Waals surface area (Å²) in [7, 11) is -4.08. The Labute approximate surface area is 208 Å². The van der Waals surface area contributed by atoms with Gasteiger partial charge >= 0.3 is 23.1 Å². The minimum absolute atomic E-state index is 0.145. The molecule has 0 saturated carbocycles. The third-order valence-corrected chi connectivity index (χ3v) is 17.1. The average Bonchev–Trinajstić information content (AvgIpc) is 2.72. The quantitative estimate of drug-likeness (QED) is 0.244. The summed E-state index contributed by atoms with van der Waals surface area (Å²) in [4.78, 5) is 12.0. The van der Waals surface area contributed by atoms with E-state index < -0.39 is 53.8 Å². The van der Waals surface area contributed by atoms with Gasteiger partial charge in [0.2, 0.25) is 0 Å². The van der Waals surface area contributed by atoms with Crippen LogP contribution < -0.4 is 0 Å². The lowest BCUT2D eigenvalue weighted by molar-refractivity contribution is -0.303. The summed E-state index contributed by atoms with van der Waals surface area (Å²) in [5.74, 6) is -0.443. The van der Waals surface area contributed by atoms with Gasteiger partial charge in [-0.15, -0.1) is 6.58 Å². The van der Waals surface area contributed by atoms with Crippen molar-refractivity contribution in [3.8, 4) is 0 Å². The van der Waals surface area contributed by atoms with Crippen LogP contribution in [0.2, 0.25) is 22.2 Å². The molecule has 0 aromatic heterocycles. The Hall–Kier alpha value is -0.596. The van der Waals surface area contributed by atoms with Gasteiger partial charge in [-0.25, -0.2) is 0 Å². The second kappa shape index (κ2) is 12.1. The van der Waals surface area contributed by atoms with Crippen LogP contribution in [0.5, 0.6) is 0 Å². The predicted octanol–water partition coefficient (Wildman–Crippen LogP) is 4.82. The Morgan fingerprint density at radius 1 is 1.00 bits per heavy atom. The SMILES string of the molecule is C=CCO[C@@H]1[C@H](OC(C)=O)[C@@H](OC)O[C@@H]2CO[Si](C(C)C)(C(C)C)O[Si](C(C)C)(C(C)C)O[C@@H]12. The topological polar surface area (TPSA) is 81.7 Å². The third-order valence-electron chi connectivity index (χ3n) is 6.86. The fourth-order valence-corrected chi connectivity index (χ4v) is 16.4. The lowest BCUT2D eigenvalue weighted by Crippen LogP contribution is -2.70. The number of carbonyl (C=O) groups excluding carboxylic acids is 1. The highest BCUT2D eigenvalue weighted by Gasteiger charge is 2.62. The molecule has 0 aromatic rings. The lowest BCUT2D eigenvalue weighted by Gasteiger charge is -2.55. The first-order chi connectivity index (χ1) is 15.9. The van der Waals surface area contributed by atoms with E-state index in [2.05, 4.69) is 62.0 Å². The molecule has 0 bridgehead atoms. The molecule has 2 saturated heterocycles. The van der Waals surface area contributed by atoms with Crippen LogP contribution in [-0.4, -0.2) is 74.1 Å². The van der Waals surface area contributed by atoms with Crippen molar-refractivity contribution in [2.45, 2.75) is 115 Å². The first kappa shape index (κ1) is 29.6. The zero-order chi connectivity index (χ0) is 25.8. The summed E-state index contributed by atoms with van der Waals surface area (Å²) in [5.41, 5.74) is 0.735. The van der Waals surface area contributed by atoms with E-state index in [1.54, 1.807) is 6.08 Å². The van der Waals surface area contributed by atoms with Crippen LogP contribution in [0.1, 0.15) is 62.3 Å². The number of ether oxygens (including phenoxy) is 4. The van der Waals surface area contributed by atoms with Gasteiger partial charge in [-0.3, -0.25) is 4.79 Å². The van der Waals surface area contributed by atoms with Crippen molar-refractivity contribution in [1.29, 1.82) is 0 Å². The smallest absolute Gasteiger partial charge is 0.335 e. The molecular weight excluding hydrogens is 472 g/mol. The molecule has 0 amide bonds. The molecule has 8 nitrogen and oxygen atoms in total. The van der Waals surface area contributed by atoms with E-state index in [9.17, 15) is 4.79 Å². The lowest BCUT2D eigenvalue weighted by atomic mass is 9.98. The molecule has 2 aliphatic rings. The second-order valence-corrected chi connectivity index (χ2v) is 19.3. The van der Waals surface area contributed by atoms with Gasteiger partial charge < -0.3 is 31.9 Å². The van der Waals surface area contributed by atoms with Gasteiger partial charge in [0.1, 0.15) is 18.3 Å². The van der Waals surface area contributed by atoms with Crippen LogP contribution >= 0.6 is 0 Å². The summed E-state index contributed by atoms with van der Waals surface area (Å²) in [6.45, 7) is 23.0. The van der Waals surface area contributed by atoms with Crippen molar-refractivity contribution >= 4 is 23.1 Å². The maximum atomic E-state index is 12.0. The van der Waals surface area contributed by atoms with Crippen LogP contribution in [0.4, 0.5) is 0 Å². The number of fused-ring (bicyclic) bond motifs is 1. The normalized spacial score (nSPS) is 31.3. The molecule has 0 unspecified atom stereocenters. The maximum Gasteiger partial charge on any atom is 0.335 e. The number of esters is 1. The van der Waals surface area contributed by atoms with Crippen molar-refractivity contribution in [2.75, 3.05) is 20.3 Å². The first-order valence-corrected chi connectivity index (χ1v) is 16.4. The van der Waals surface area contributed by atoms with Gasteiger partial charge in [-0.1, -0.05) is 61.5 Å². The van der Waals surface area contributed by atoms with Gasteiger partial charge in [0, 0.05) is 14.0 Å². The van der Waals surface area contributed by atoms with Gasteiger partial charge in [0.15, 0.2) is 12.4 Å². The van der Waals surface area contributed by atoms with Crippen molar-refractivity contribution in [2.24, 2.45) is 0 Å². The molecule has 0 aliphatic carbocycles. The molecule has 2 aliphatic heterocycles. The number of hydrogen-bond donors (Lipinski definition) is 0. The van der Waals surface area contributed by atoms with Gasteiger partial charge in [-0.05, 0) is 22.2 Å². The Kier molecular flexibility index (Phi) is 10.5. The molecular formula is C24H46O8Si2. The fraction of sp³-hybridized carbons (Fsp3) is 0.875. The minimum Gasteiger partial charge on any atom is -0.454 e. The van der Waals surface area contributed by atoms with Gasteiger partial charge in [0.25, 0.3) is 0 Å². The summed E-state index contributed by atoms with van der Waals surface area (Å²) in [6, 6.07) is 0. The van der Waals surface area contributed by atoms with Crippen molar-refractivity contribution in [3.63, 3.8) is 0 Å². The number of carbonyl (C=O) groups is 1. The molecule has 34 heavy (non-hydrogen) atoms. The standard InChI is InChI=1S/C24H46O8Si2/c1-12-13-27-22-21-20(30-24(26-11)23(22)29-19(10)25)14-28-33(15(2)3,16(4)5)32-34(31-21,17(6)7)18(8)9/h12,15-18,20-24H,1,13-14H2,2-11H3/t20-,21-,22+,23+,24+/m1/s1. The fourth-order valence-electron chi connectivity index (χ4n) is 5.17. The summed E-state index contributed by atoms with van der Waals surface area (Å²) < 4.78 is 44.9. The van der Waals surface area contributed by atoms with Crippen molar-refractivity contribution < 1.29 is 36.7 Å². The van der Waals surface area contributed by atoms with Crippen LogP contribution in [0.3, 0.4) is 0 Å². The predicted molar refractivity (Wildman–Crippen MR) is 135 cm³/mol. The first-order valence-electron chi connectivity index (χ1n) is 12.5. The molecule has 0 spiro atoms. The molecule has 198 valence electrons. The van der Waals surface area contributed by atoms with Gasteiger partial charge in [0.05, 0.1) is 13.2 Å². The highest BCUT2D eigenvalue weighted by atomic mass is 28.5. The zero-order valence-electron chi connectivity index (χ0n) is 22.7. The number of rotatable bonds is 9. The molecule has 10 heteroatoms.